The van der Waals surface area contributed by atoms with Gasteiger partial charge in [0, 0.05) is 31.2 Å². The number of nitrogens with one attached hydrogen (secondary N) is 2. The number of ether oxygens (including phenoxy) is 1. The van der Waals surface area contributed by atoms with E-state index in [9.17, 15) is 14.4 Å². The molecule has 7 heteroatoms. The predicted octanol–water partition coefficient (Wildman–Crippen LogP) is 3.21. The van der Waals surface area contributed by atoms with Gasteiger partial charge in [-0.05, 0) is 36.1 Å². The molecule has 3 aromatic carbocycles. The van der Waals surface area contributed by atoms with E-state index in [4.69, 9.17) is 4.74 Å². The highest BCUT2D eigenvalue weighted by atomic mass is 16.5. The molecule has 1 aliphatic rings. The van der Waals surface area contributed by atoms with Gasteiger partial charge in [0.05, 0.1) is 16.9 Å². The van der Waals surface area contributed by atoms with Crippen molar-refractivity contribution in [2.45, 2.75) is 6.42 Å². The number of carbonyl (C=O) groups is 3. The monoisotopic (exact) mass is 417 g/mol. The van der Waals surface area contributed by atoms with E-state index in [0.29, 0.717) is 36.4 Å². The van der Waals surface area contributed by atoms with Gasteiger partial charge in [0.1, 0.15) is 6.54 Å². The second-order valence-electron chi connectivity index (χ2n) is 7.27. The third kappa shape index (κ3) is 4.13. The Bertz CT molecular complexity index is 1150. The molecule has 3 aromatic rings. The number of amides is 3. The molecular formula is C24H23N3O4. The smallest absolute Gasteiger partial charge is 0.259 e. The van der Waals surface area contributed by atoms with Gasteiger partial charge in [0.25, 0.3) is 11.8 Å². The van der Waals surface area contributed by atoms with E-state index in [0.717, 1.165) is 16.5 Å². The summed E-state index contributed by atoms with van der Waals surface area (Å²) in [7, 11) is 1.61. The Morgan fingerprint density at radius 2 is 1.77 bits per heavy atom. The fraction of sp³-hybridized carbons (Fsp3) is 0.208. The molecule has 3 amide bonds. The molecule has 0 saturated heterocycles. The van der Waals surface area contributed by atoms with Crippen LogP contribution in [-0.4, -0.2) is 44.5 Å². The first kappa shape index (κ1) is 20.6. The van der Waals surface area contributed by atoms with Crippen LogP contribution in [0.4, 0.5) is 11.4 Å². The summed E-state index contributed by atoms with van der Waals surface area (Å²) in [6.45, 7) is 0.883. The zero-order chi connectivity index (χ0) is 21.8. The maximum atomic E-state index is 12.9. The molecule has 0 spiro atoms. The Morgan fingerprint density at radius 1 is 1.00 bits per heavy atom. The van der Waals surface area contributed by atoms with Crippen LogP contribution in [0.1, 0.15) is 27.1 Å². The van der Waals surface area contributed by atoms with Crippen LogP contribution >= 0.6 is 0 Å². The van der Waals surface area contributed by atoms with Crippen LogP contribution in [-0.2, 0) is 9.53 Å². The maximum absolute atomic E-state index is 12.9. The molecule has 0 radical (unpaired) electrons. The molecule has 0 saturated carbocycles. The Labute approximate surface area is 180 Å². The van der Waals surface area contributed by atoms with Crippen molar-refractivity contribution >= 4 is 39.9 Å². The van der Waals surface area contributed by atoms with Gasteiger partial charge < -0.3 is 15.4 Å². The first-order chi connectivity index (χ1) is 15.1. The zero-order valence-corrected chi connectivity index (χ0v) is 17.2. The van der Waals surface area contributed by atoms with Crippen molar-refractivity contribution in [2.24, 2.45) is 0 Å². The van der Waals surface area contributed by atoms with Gasteiger partial charge in [0.15, 0.2) is 0 Å². The number of rotatable bonds is 8. The lowest BCUT2D eigenvalue weighted by Crippen LogP contribution is -2.36. The van der Waals surface area contributed by atoms with Gasteiger partial charge in [-0.25, -0.2) is 0 Å². The summed E-state index contributed by atoms with van der Waals surface area (Å²) in [5.74, 6) is -0.856. The third-order valence-electron chi connectivity index (χ3n) is 5.21. The number of nitrogens with zero attached hydrogens (tertiary/aromatic N) is 1. The van der Waals surface area contributed by atoms with E-state index < -0.39 is 0 Å². The van der Waals surface area contributed by atoms with Gasteiger partial charge >= 0.3 is 0 Å². The number of hydrogen-bond donors (Lipinski definition) is 2. The Kier molecular flexibility index (Phi) is 5.95. The average molecular weight is 417 g/mol. The molecule has 0 aromatic heterocycles. The van der Waals surface area contributed by atoms with Crippen LogP contribution < -0.4 is 15.5 Å². The number of benzene rings is 3. The standard InChI is InChI=1S/C24H23N3O4/c1-31-14-6-13-25-23(29)17-9-2-3-11-19(17)26-21(28)15-27-20-12-5-8-16-7-4-10-18(22(16)20)24(27)30/h2-5,7-12H,6,13-15H2,1H3,(H,25,29)(H,26,28). The molecule has 7 nitrogen and oxygen atoms in total. The highest BCUT2D eigenvalue weighted by molar-refractivity contribution is 6.26. The van der Waals surface area contributed by atoms with Gasteiger partial charge in [-0.3, -0.25) is 19.3 Å². The average Bonchev–Trinajstić information content (AvgIpc) is 3.05. The van der Waals surface area contributed by atoms with Crippen LogP contribution in [0.5, 0.6) is 0 Å². The number of carbonyl (C=O) groups excluding carboxylic acids is 3. The Morgan fingerprint density at radius 3 is 2.58 bits per heavy atom. The summed E-state index contributed by atoms with van der Waals surface area (Å²) in [6.07, 6.45) is 0.694. The van der Waals surface area contributed by atoms with Crippen molar-refractivity contribution in [3.63, 3.8) is 0 Å². The van der Waals surface area contributed by atoms with Gasteiger partial charge in [-0.15, -0.1) is 0 Å². The number of para-hydroxylation sites is 1. The van der Waals surface area contributed by atoms with Crippen LogP contribution in [0.2, 0.25) is 0 Å². The fourth-order valence-electron chi connectivity index (χ4n) is 3.77. The Hall–Kier alpha value is -3.71. The van der Waals surface area contributed by atoms with Gasteiger partial charge in [-0.2, -0.15) is 0 Å². The lowest BCUT2D eigenvalue weighted by Gasteiger charge is -2.18. The summed E-state index contributed by atoms with van der Waals surface area (Å²) in [5, 5.41) is 7.42. The second kappa shape index (κ2) is 8.97. The van der Waals surface area contributed by atoms with Crippen molar-refractivity contribution in [1.82, 2.24) is 5.32 Å². The van der Waals surface area contributed by atoms with Crippen molar-refractivity contribution in [3.8, 4) is 0 Å². The minimum absolute atomic E-state index is 0.142. The first-order valence-electron chi connectivity index (χ1n) is 10.1. The van der Waals surface area contributed by atoms with Crippen LogP contribution in [0.25, 0.3) is 10.8 Å². The quantitative estimate of drug-likeness (QED) is 0.551. The number of methoxy groups -OCH3 is 1. The van der Waals surface area contributed by atoms with E-state index in [1.165, 1.54) is 4.90 Å². The molecule has 0 aliphatic carbocycles. The summed E-state index contributed by atoms with van der Waals surface area (Å²) in [4.78, 5) is 39.7. The zero-order valence-electron chi connectivity index (χ0n) is 17.2. The summed E-state index contributed by atoms with van der Waals surface area (Å²) in [6, 6.07) is 18.0. The lowest BCUT2D eigenvalue weighted by molar-refractivity contribution is -0.114. The summed E-state index contributed by atoms with van der Waals surface area (Å²) < 4.78 is 4.98. The summed E-state index contributed by atoms with van der Waals surface area (Å²) in [5.41, 5.74) is 2.08. The fourth-order valence-corrected chi connectivity index (χ4v) is 3.77. The van der Waals surface area contributed by atoms with Crippen LogP contribution in [0.15, 0.2) is 60.7 Å². The first-order valence-corrected chi connectivity index (χ1v) is 10.1. The molecule has 1 aliphatic heterocycles. The highest BCUT2D eigenvalue weighted by Crippen LogP contribution is 2.36. The van der Waals surface area contributed by atoms with E-state index >= 15 is 0 Å². The molecule has 4 rings (SSSR count). The largest absolute Gasteiger partial charge is 0.385 e. The van der Waals surface area contributed by atoms with Gasteiger partial charge in [-0.1, -0.05) is 36.4 Å². The highest BCUT2D eigenvalue weighted by Gasteiger charge is 2.31. The molecule has 0 bridgehead atoms. The van der Waals surface area contributed by atoms with E-state index in [1.54, 1.807) is 37.4 Å². The topological polar surface area (TPSA) is 87.7 Å². The lowest BCUT2D eigenvalue weighted by atomic mass is 10.1. The van der Waals surface area contributed by atoms with Crippen LogP contribution in [0, 0.1) is 0 Å². The van der Waals surface area contributed by atoms with Crippen LogP contribution in [0.3, 0.4) is 0 Å². The van der Waals surface area contributed by atoms with E-state index in [2.05, 4.69) is 10.6 Å². The predicted molar refractivity (Wildman–Crippen MR) is 120 cm³/mol. The Balaban J connectivity index is 1.48. The van der Waals surface area contributed by atoms with E-state index in [1.807, 2.05) is 30.3 Å². The van der Waals surface area contributed by atoms with Gasteiger partial charge in [0.2, 0.25) is 5.91 Å². The molecule has 0 fully saturated rings. The molecule has 158 valence electrons. The molecule has 2 N–H and O–H groups in total. The number of hydrogen-bond acceptors (Lipinski definition) is 4. The molecule has 0 atom stereocenters. The molecular weight excluding hydrogens is 394 g/mol. The molecule has 1 heterocycles. The second-order valence-corrected chi connectivity index (χ2v) is 7.27. The number of anilines is 2. The normalized spacial score (nSPS) is 12.3. The molecule has 0 unspecified atom stereocenters. The van der Waals surface area contributed by atoms with Crippen molar-refractivity contribution in [3.05, 3.63) is 71.8 Å². The van der Waals surface area contributed by atoms with Crippen molar-refractivity contribution in [2.75, 3.05) is 37.0 Å². The maximum Gasteiger partial charge on any atom is 0.259 e. The van der Waals surface area contributed by atoms with Crippen molar-refractivity contribution < 1.29 is 19.1 Å². The third-order valence-corrected chi connectivity index (χ3v) is 5.21. The SMILES string of the molecule is COCCCNC(=O)c1ccccc1NC(=O)CN1C(=O)c2cccc3cccc1c23. The molecule has 31 heavy (non-hydrogen) atoms. The van der Waals surface area contributed by atoms with Crippen molar-refractivity contribution in [1.29, 1.82) is 0 Å². The minimum Gasteiger partial charge on any atom is -0.385 e. The minimum atomic E-state index is -0.377. The summed E-state index contributed by atoms with van der Waals surface area (Å²) >= 11 is 0. The van der Waals surface area contributed by atoms with E-state index in [-0.39, 0.29) is 24.3 Å².